The van der Waals surface area contributed by atoms with E-state index in [9.17, 15) is 19.5 Å². The van der Waals surface area contributed by atoms with Crippen LogP contribution in [0.3, 0.4) is 0 Å². The number of likely N-dealkylation sites (tertiary alicyclic amines) is 1. The van der Waals surface area contributed by atoms with Crippen molar-refractivity contribution in [3.8, 4) is 5.75 Å². The molecule has 4 unspecified atom stereocenters. The van der Waals surface area contributed by atoms with Crippen LogP contribution in [0.25, 0.3) is 0 Å². The van der Waals surface area contributed by atoms with E-state index in [1.54, 1.807) is 43.5 Å². The first kappa shape index (κ1) is 25.2. The number of ether oxygens (including phenoxy) is 1. The van der Waals surface area contributed by atoms with Gasteiger partial charge in [-0.05, 0) is 29.2 Å². The molecule has 0 spiro atoms. The van der Waals surface area contributed by atoms with Crippen LogP contribution in [0.5, 0.6) is 5.75 Å². The van der Waals surface area contributed by atoms with Crippen LogP contribution in [0.2, 0.25) is 0 Å². The summed E-state index contributed by atoms with van der Waals surface area (Å²) in [5.74, 6) is -2.43. The lowest BCUT2D eigenvalue weighted by Gasteiger charge is -2.31. The Hall–Kier alpha value is -3.93. The molecule has 0 radical (unpaired) electrons. The quantitative estimate of drug-likeness (QED) is 0.434. The zero-order valence-corrected chi connectivity index (χ0v) is 20.7. The van der Waals surface area contributed by atoms with Gasteiger partial charge in [0.25, 0.3) is 0 Å². The Morgan fingerprint density at radius 3 is 1.97 bits per heavy atom. The number of nitrogens with zero attached hydrogens (tertiary/aromatic N) is 1. The van der Waals surface area contributed by atoms with Crippen molar-refractivity contribution in [2.75, 3.05) is 7.11 Å². The van der Waals surface area contributed by atoms with Crippen molar-refractivity contribution in [1.82, 2.24) is 4.90 Å². The summed E-state index contributed by atoms with van der Waals surface area (Å²) >= 11 is 0. The summed E-state index contributed by atoms with van der Waals surface area (Å²) in [5.41, 5.74) is 1.91. The van der Waals surface area contributed by atoms with Crippen LogP contribution in [0.1, 0.15) is 53.7 Å². The van der Waals surface area contributed by atoms with Gasteiger partial charge in [-0.25, -0.2) is 4.79 Å². The van der Waals surface area contributed by atoms with Crippen molar-refractivity contribution in [3.05, 3.63) is 102 Å². The SMILES string of the molecule is COc1ccc(C2C(C(=O)c3ccccc3)C(c3ccccc3)C(C(=O)O)N2C(=O)CC(C)C)cc1. The molecule has 3 aromatic rings. The minimum Gasteiger partial charge on any atom is -0.497 e. The molecule has 6 nitrogen and oxygen atoms in total. The zero-order chi connectivity index (χ0) is 25.8. The van der Waals surface area contributed by atoms with Crippen molar-refractivity contribution in [1.29, 1.82) is 0 Å². The molecule has 3 aromatic carbocycles. The number of carboxylic acid groups (broad SMARTS) is 1. The monoisotopic (exact) mass is 485 g/mol. The summed E-state index contributed by atoms with van der Waals surface area (Å²) in [4.78, 5) is 42.1. The molecule has 1 saturated heterocycles. The molecule has 0 aliphatic carbocycles. The molecule has 0 saturated carbocycles. The van der Waals surface area contributed by atoms with Gasteiger partial charge in [-0.2, -0.15) is 0 Å². The number of hydrogen-bond acceptors (Lipinski definition) is 4. The number of carboxylic acids is 1. The third-order valence-electron chi connectivity index (χ3n) is 6.79. The molecule has 4 rings (SSSR count). The van der Waals surface area contributed by atoms with Gasteiger partial charge >= 0.3 is 5.97 Å². The molecular formula is C30H31NO5. The van der Waals surface area contributed by atoms with E-state index in [4.69, 9.17) is 4.74 Å². The number of carbonyl (C=O) groups excluding carboxylic acids is 2. The molecule has 36 heavy (non-hydrogen) atoms. The van der Waals surface area contributed by atoms with Crippen molar-refractivity contribution in [2.45, 2.75) is 38.3 Å². The lowest BCUT2D eigenvalue weighted by atomic mass is 9.76. The highest BCUT2D eigenvalue weighted by Crippen LogP contribution is 2.51. The second kappa shape index (κ2) is 10.8. The average Bonchev–Trinajstić information content (AvgIpc) is 3.25. The van der Waals surface area contributed by atoms with Crippen LogP contribution in [-0.2, 0) is 9.59 Å². The smallest absolute Gasteiger partial charge is 0.327 e. The van der Waals surface area contributed by atoms with E-state index >= 15 is 0 Å². The van der Waals surface area contributed by atoms with E-state index in [1.807, 2.05) is 62.4 Å². The predicted octanol–water partition coefficient (Wildman–Crippen LogP) is 5.36. The average molecular weight is 486 g/mol. The van der Waals surface area contributed by atoms with E-state index in [0.29, 0.717) is 16.9 Å². The summed E-state index contributed by atoms with van der Waals surface area (Å²) < 4.78 is 5.31. The first-order chi connectivity index (χ1) is 17.3. The first-order valence-electron chi connectivity index (χ1n) is 12.2. The Labute approximate surface area is 211 Å². The van der Waals surface area contributed by atoms with Crippen molar-refractivity contribution < 1.29 is 24.2 Å². The van der Waals surface area contributed by atoms with Gasteiger partial charge in [0.1, 0.15) is 11.8 Å². The normalized spacial score (nSPS) is 21.4. The standard InChI is InChI=1S/C30H31NO5/c1-19(2)18-24(32)31-27(21-14-16-23(36-3)17-15-21)26(29(33)22-12-8-5-9-13-22)25(28(31)30(34)35)20-10-6-4-7-11-20/h4-17,19,25-28H,18H2,1-3H3,(H,34,35). The number of hydrogen-bond donors (Lipinski definition) is 1. The molecule has 1 aliphatic heterocycles. The van der Waals surface area contributed by atoms with Crippen molar-refractivity contribution in [2.24, 2.45) is 11.8 Å². The third kappa shape index (κ3) is 4.89. The first-order valence-corrected chi connectivity index (χ1v) is 12.2. The highest BCUT2D eigenvalue weighted by Gasteiger charge is 2.57. The molecule has 1 N–H and O–H groups in total. The lowest BCUT2D eigenvalue weighted by molar-refractivity contribution is -0.150. The van der Waals surface area contributed by atoms with Gasteiger partial charge in [0.05, 0.1) is 19.1 Å². The molecule has 1 heterocycles. The van der Waals surface area contributed by atoms with E-state index in [1.165, 1.54) is 4.90 Å². The molecule has 186 valence electrons. The Bertz CT molecular complexity index is 1210. The molecule has 1 amide bonds. The Balaban J connectivity index is 1.96. The number of ketones is 1. The highest BCUT2D eigenvalue weighted by molar-refractivity contribution is 6.01. The van der Waals surface area contributed by atoms with Crippen LogP contribution >= 0.6 is 0 Å². The predicted molar refractivity (Wildman–Crippen MR) is 137 cm³/mol. The minimum absolute atomic E-state index is 0.0301. The largest absolute Gasteiger partial charge is 0.497 e. The maximum absolute atomic E-state index is 14.1. The molecule has 6 heteroatoms. The Morgan fingerprint density at radius 2 is 1.44 bits per heavy atom. The van der Waals surface area contributed by atoms with Crippen LogP contribution in [0, 0.1) is 11.8 Å². The molecule has 4 atom stereocenters. The van der Waals surface area contributed by atoms with Crippen LogP contribution in [0.15, 0.2) is 84.9 Å². The molecule has 0 bridgehead atoms. The van der Waals surface area contributed by atoms with Gasteiger partial charge in [0, 0.05) is 17.9 Å². The minimum atomic E-state index is -1.19. The van der Waals surface area contributed by atoms with E-state index in [2.05, 4.69) is 0 Å². The van der Waals surface area contributed by atoms with Gasteiger partial charge in [0.15, 0.2) is 5.78 Å². The number of rotatable bonds is 8. The number of amides is 1. The fourth-order valence-electron chi connectivity index (χ4n) is 5.28. The fraction of sp³-hybridized carbons (Fsp3) is 0.300. The second-order valence-electron chi connectivity index (χ2n) is 9.59. The van der Waals surface area contributed by atoms with Gasteiger partial charge in [-0.15, -0.1) is 0 Å². The van der Waals surface area contributed by atoms with E-state index in [-0.39, 0.29) is 24.0 Å². The third-order valence-corrected chi connectivity index (χ3v) is 6.79. The van der Waals surface area contributed by atoms with Gasteiger partial charge < -0.3 is 14.7 Å². The van der Waals surface area contributed by atoms with Gasteiger partial charge in [0.2, 0.25) is 5.91 Å². The summed E-state index contributed by atoms with van der Waals surface area (Å²) in [6, 6.07) is 23.3. The summed E-state index contributed by atoms with van der Waals surface area (Å²) in [5, 5.41) is 10.5. The number of benzene rings is 3. The molecule has 0 aromatic heterocycles. The Kier molecular flexibility index (Phi) is 7.53. The number of methoxy groups -OCH3 is 1. The van der Waals surface area contributed by atoms with E-state index < -0.39 is 29.9 Å². The number of aliphatic carboxylic acids is 1. The lowest BCUT2D eigenvalue weighted by Crippen LogP contribution is -2.44. The van der Waals surface area contributed by atoms with Gasteiger partial charge in [-0.3, -0.25) is 9.59 Å². The number of Topliss-reactive ketones (excluding diaryl/α,β-unsaturated/α-hetero) is 1. The van der Waals surface area contributed by atoms with Crippen LogP contribution in [-0.4, -0.2) is 40.8 Å². The molecule has 1 aliphatic rings. The maximum atomic E-state index is 14.1. The highest BCUT2D eigenvalue weighted by atomic mass is 16.5. The zero-order valence-electron chi connectivity index (χ0n) is 20.7. The van der Waals surface area contributed by atoms with Gasteiger partial charge in [-0.1, -0.05) is 86.6 Å². The second-order valence-corrected chi connectivity index (χ2v) is 9.59. The number of carbonyl (C=O) groups is 3. The van der Waals surface area contributed by atoms with Crippen LogP contribution < -0.4 is 4.74 Å². The summed E-state index contributed by atoms with van der Waals surface area (Å²) in [7, 11) is 1.57. The Morgan fingerprint density at radius 1 is 0.861 bits per heavy atom. The summed E-state index contributed by atoms with van der Waals surface area (Å²) in [6.07, 6.45) is 0.185. The summed E-state index contributed by atoms with van der Waals surface area (Å²) in [6.45, 7) is 3.85. The molecule has 1 fully saturated rings. The maximum Gasteiger partial charge on any atom is 0.327 e. The van der Waals surface area contributed by atoms with Crippen LogP contribution in [0.4, 0.5) is 0 Å². The van der Waals surface area contributed by atoms with E-state index in [0.717, 1.165) is 5.56 Å². The van der Waals surface area contributed by atoms with Crippen molar-refractivity contribution >= 4 is 17.7 Å². The van der Waals surface area contributed by atoms with Crippen molar-refractivity contribution in [3.63, 3.8) is 0 Å². The topological polar surface area (TPSA) is 83.9 Å². The molecular weight excluding hydrogens is 454 g/mol. The fourth-order valence-corrected chi connectivity index (χ4v) is 5.28.